The Bertz CT molecular complexity index is 127. The van der Waals surface area contributed by atoms with Gasteiger partial charge >= 0.3 is 0 Å². The van der Waals surface area contributed by atoms with Crippen LogP contribution < -0.4 is 0 Å². The minimum Gasteiger partial charge on any atom is -0.291 e. The lowest BCUT2D eigenvalue weighted by atomic mass is 10.1. The topological polar surface area (TPSA) is 12.4 Å². The Morgan fingerprint density at radius 1 is 1.25 bits per heavy atom. The van der Waals surface area contributed by atoms with Gasteiger partial charge in [-0.1, -0.05) is 33.1 Å². The Hall–Kier alpha value is -0.330. The van der Waals surface area contributed by atoms with Gasteiger partial charge in [-0.25, -0.2) is 0 Å². The van der Waals surface area contributed by atoms with Gasteiger partial charge in [0, 0.05) is 11.8 Å². The van der Waals surface area contributed by atoms with Crippen LogP contribution in [0.3, 0.4) is 0 Å². The van der Waals surface area contributed by atoms with Crippen LogP contribution >= 0.6 is 0 Å². The van der Waals surface area contributed by atoms with Gasteiger partial charge in [-0.15, -0.1) is 0 Å². The molecule has 0 saturated heterocycles. The zero-order valence-electron chi connectivity index (χ0n) is 9.06. The molecule has 0 aromatic heterocycles. The van der Waals surface area contributed by atoms with Gasteiger partial charge in [-0.05, 0) is 26.7 Å². The number of unbranched alkanes of at least 4 members (excludes halogenated alkanes) is 2. The minimum atomic E-state index is 0.538. The monoisotopic (exact) mass is 169 g/mol. The van der Waals surface area contributed by atoms with E-state index in [-0.39, 0.29) is 0 Å². The maximum absolute atomic E-state index is 4.58. The second kappa shape index (κ2) is 7.33. The van der Waals surface area contributed by atoms with Crippen LogP contribution in [0.4, 0.5) is 0 Å². The molecule has 72 valence electrons. The highest BCUT2D eigenvalue weighted by atomic mass is 14.8. The average molecular weight is 169 g/mol. The van der Waals surface area contributed by atoms with Gasteiger partial charge < -0.3 is 0 Å². The molecule has 1 unspecified atom stereocenters. The second-order valence-corrected chi connectivity index (χ2v) is 3.56. The van der Waals surface area contributed by atoms with Gasteiger partial charge in [0.2, 0.25) is 0 Å². The second-order valence-electron chi connectivity index (χ2n) is 3.56. The largest absolute Gasteiger partial charge is 0.291 e. The Morgan fingerprint density at radius 3 is 2.42 bits per heavy atom. The van der Waals surface area contributed by atoms with E-state index < -0.39 is 0 Å². The smallest absolute Gasteiger partial charge is 0.0470 e. The summed E-state index contributed by atoms with van der Waals surface area (Å²) in [5.41, 5.74) is 1.29. The summed E-state index contributed by atoms with van der Waals surface area (Å²) in [4.78, 5) is 4.58. The van der Waals surface area contributed by atoms with E-state index in [4.69, 9.17) is 0 Å². The van der Waals surface area contributed by atoms with Crippen molar-refractivity contribution in [1.29, 1.82) is 0 Å². The van der Waals surface area contributed by atoms with E-state index >= 15 is 0 Å². The molecular weight excluding hydrogens is 146 g/mol. The van der Waals surface area contributed by atoms with Crippen molar-refractivity contribution >= 4 is 5.71 Å². The summed E-state index contributed by atoms with van der Waals surface area (Å²) in [6.45, 7) is 8.74. The van der Waals surface area contributed by atoms with Crippen molar-refractivity contribution in [2.24, 2.45) is 4.99 Å². The molecule has 0 rings (SSSR count). The highest BCUT2D eigenvalue weighted by Gasteiger charge is 1.98. The molecule has 1 atom stereocenters. The molecular formula is C11H23N. The Kier molecular flexibility index (Phi) is 7.12. The fourth-order valence-corrected chi connectivity index (χ4v) is 1.22. The molecule has 0 aliphatic heterocycles. The zero-order valence-corrected chi connectivity index (χ0v) is 9.06. The lowest BCUT2D eigenvalue weighted by Gasteiger charge is -2.06. The molecule has 0 radical (unpaired) electrons. The standard InChI is InChI=1S/C11H23N/c1-5-7-8-9-11(4)12-10(3)6-2/h11H,5-9H2,1-4H3/b12-10-. The summed E-state index contributed by atoms with van der Waals surface area (Å²) in [6, 6.07) is 0.538. The third-order valence-electron chi connectivity index (χ3n) is 2.18. The quantitative estimate of drug-likeness (QED) is 0.423. The van der Waals surface area contributed by atoms with Crippen LogP contribution in [0.2, 0.25) is 0 Å². The van der Waals surface area contributed by atoms with E-state index in [9.17, 15) is 0 Å². The molecule has 1 heteroatoms. The molecule has 0 N–H and O–H groups in total. The van der Waals surface area contributed by atoms with Crippen LogP contribution in [0, 0.1) is 0 Å². The van der Waals surface area contributed by atoms with E-state index in [1.165, 1.54) is 31.4 Å². The summed E-state index contributed by atoms with van der Waals surface area (Å²) < 4.78 is 0. The van der Waals surface area contributed by atoms with Crippen LogP contribution in [0.5, 0.6) is 0 Å². The summed E-state index contributed by atoms with van der Waals surface area (Å²) in [7, 11) is 0. The van der Waals surface area contributed by atoms with Gasteiger partial charge in [-0.2, -0.15) is 0 Å². The number of hydrogen-bond donors (Lipinski definition) is 0. The highest BCUT2D eigenvalue weighted by molar-refractivity contribution is 5.81. The molecule has 0 fully saturated rings. The molecule has 1 nitrogen and oxygen atoms in total. The molecule has 12 heavy (non-hydrogen) atoms. The Labute approximate surface area is 77.3 Å². The van der Waals surface area contributed by atoms with Crippen molar-refractivity contribution in [2.45, 2.75) is 65.8 Å². The first-order chi connectivity index (χ1) is 5.70. The van der Waals surface area contributed by atoms with Crippen molar-refractivity contribution in [3.8, 4) is 0 Å². The number of aliphatic imine (C=N–C) groups is 1. The molecule has 0 aliphatic rings. The lowest BCUT2D eigenvalue weighted by Crippen LogP contribution is -2.01. The third-order valence-corrected chi connectivity index (χ3v) is 2.18. The SMILES string of the molecule is CCCCCC(C)/N=C(/C)CC. The molecule has 0 spiro atoms. The third kappa shape index (κ3) is 6.38. The van der Waals surface area contributed by atoms with Crippen molar-refractivity contribution in [1.82, 2.24) is 0 Å². The average Bonchev–Trinajstić information content (AvgIpc) is 2.05. The van der Waals surface area contributed by atoms with E-state index in [1.807, 2.05) is 0 Å². The molecule has 0 aromatic carbocycles. The Balaban J connectivity index is 3.51. The van der Waals surface area contributed by atoms with Gasteiger partial charge in [0.15, 0.2) is 0 Å². The summed E-state index contributed by atoms with van der Waals surface area (Å²) in [5.74, 6) is 0. The molecule has 0 heterocycles. The zero-order chi connectivity index (χ0) is 9.40. The predicted octanol–water partition coefficient (Wildman–Crippen LogP) is 3.83. The van der Waals surface area contributed by atoms with Crippen molar-refractivity contribution in [3.63, 3.8) is 0 Å². The van der Waals surface area contributed by atoms with Gasteiger partial charge in [0.05, 0.1) is 0 Å². The molecule has 0 aromatic rings. The minimum absolute atomic E-state index is 0.538. The molecule has 0 aliphatic carbocycles. The van der Waals surface area contributed by atoms with E-state index in [0.29, 0.717) is 6.04 Å². The van der Waals surface area contributed by atoms with E-state index in [1.54, 1.807) is 0 Å². The number of rotatable bonds is 6. The van der Waals surface area contributed by atoms with E-state index in [2.05, 4.69) is 32.7 Å². The van der Waals surface area contributed by atoms with Crippen LogP contribution in [0.25, 0.3) is 0 Å². The van der Waals surface area contributed by atoms with Crippen LogP contribution in [0.1, 0.15) is 59.8 Å². The maximum Gasteiger partial charge on any atom is 0.0470 e. The number of hydrogen-bond acceptors (Lipinski definition) is 1. The fourth-order valence-electron chi connectivity index (χ4n) is 1.22. The first-order valence-electron chi connectivity index (χ1n) is 5.24. The van der Waals surface area contributed by atoms with Crippen molar-refractivity contribution in [3.05, 3.63) is 0 Å². The lowest BCUT2D eigenvalue weighted by molar-refractivity contribution is 0.592. The highest BCUT2D eigenvalue weighted by Crippen LogP contribution is 2.06. The predicted molar refractivity (Wildman–Crippen MR) is 57.0 cm³/mol. The molecule has 0 amide bonds. The van der Waals surface area contributed by atoms with Crippen LogP contribution in [-0.4, -0.2) is 11.8 Å². The van der Waals surface area contributed by atoms with E-state index in [0.717, 1.165) is 6.42 Å². The maximum atomic E-state index is 4.58. The Morgan fingerprint density at radius 2 is 1.92 bits per heavy atom. The van der Waals surface area contributed by atoms with Gasteiger partial charge in [0.1, 0.15) is 0 Å². The summed E-state index contributed by atoms with van der Waals surface area (Å²) >= 11 is 0. The van der Waals surface area contributed by atoms with Crippen LogP contribution in [-0.2, 0) is 0 Å². The van der Waals surface area contributed by atoms with Crippen molar-refractivity contribution in [2.75, 3.05) is 0 Å². The van der Waals surface area contributed by atoms with Crippen molar-refractivity contribution < 1.29 is 0 Å². The van der Waals surface area contributed by atoms with Gasteiger partial charge in [0.25, 0.3) is 0 Å². The summed E-state index contributed by atoms with van der Waals surface area (Å²) in [6.07, 6.45) is 6.34. The molecule has 0 bridgehead atoms. The van der Waals surface area contributed by atoms with Crippen LogP contribution in [0.15, 0.2) is 4.99 Å². The molecule has 0 saturated carbocycles. The number of nitrogens with zero attached hydrogens (tertiary/aromatic N) is 1. The fraction of sp³-hybridized carbons (Fsp3) is 0.909. The van der Waals surface area contributed by atoms with Gasteiger partial charge in [-0.3, -0.25) is 4.99 Å². The normalized spacial score (nSPS) is 14.8. The summed E-state index contributed by atoms with van der Waals surface area (Å²) in [5, 5.41) is 0. The first kappa shape index (κ1) is 11.7. The first-order valence-corrected chi connectivity index (χ1v) is 5.24.